The van der Waals surface area contributed by atoms with Crippen LogP contribution in [0.3, 0.4) is 0 Å². The van der Waals surface area contributed by atoms with E-state index in [4.69, 9.17) is 15.3 Å². The molecule has 0 aliphatic rings. The lowest BCUT2D eigenvalue weighted by molar-refractivity contribution is 0.167. The Balaban J connectivity index is 2.27. The predicted molar refractivity (Wildman–Crippen MR) is 138 cm³/mol. The SMILES string of the molecule is Cc1c(C#N)c(NCCO)nc(NCCO)c1N=Nc1ccc(S(=O)(=O)CCN(CCO)CCO)cc1. The molecule has 0 bridgehead atoms. The number of nitrogens with one attached hydrogen (secondary N) is 2. The van der Waals surface area contributed by atoms with Gasteiger partial charge in [-0.1, -0.05) is 0 Å². The molecule has 6 N–H and O–H groups in total. The number of nitriles is 1. The summed E-state index contributed by atoms with van der Waals surface area (Å²) in [6, 6.07) is 7.92. The Hall–Kier alpha value is -3.19. The molecule has 0 saturated carbocycles. The molecule has 0 fully saturated rings. The molecule has 2 aromatic rings. The first-order valence-electron chi connectivity index (χ1n) is 11.6. The number of benzene rings is 1. The second kappa shape index (κ2) is 15.2. The van der Waals surface area contributed by atoms with Crippen LogP contribution < -0.4 is 10.6 Å². The molecule has 0 saturated heterocycles. The van der Waals surface area contributed by atoms with Crippen LogP contribution in [0.25, 0.3) is 0 Å². The number of aliphatic hydroxyl groups excluding tert-OH is 4. The standard InChI is InChI=1S/C23H33N7O6S/c1-17-20(16-24)22(25-6-11-31)27-23(26-7-12-32)21(17)29-28-18-2-4-19(5-3-18)37(35,36)15-10-30(8-13-33)9-14-34/h2-5,31-34H,6-15H2,1H3,(H2,25,26,27). The number of anilines is 2. The van der Waals surface area contributed by atoms with Crippen LogP contribution in [0.15, 0.2) is 39.4 Å². The minimum Gasteiger partial charge on any atom is -0.395 e. The van der Waals surface area contributed by atoms with Gasteiger partial charge in [0.05, 0.1) is 48.3 Å². The minimum absolute atomic E-state index is 0.105. The molecule has 0 amide bonds. The Morgan fingerprint density at radius 1 is 0.919 bits per heavy atom. The maximum absolute atomic E-state index is 12.7. The summed E-state index contributed by atoms with van der Waals surface area (Å²) in [6.07, 6.45) is 0. The van der Waals surface area contributed by atoms with Crippen molar-refractivity contribution in [2.75, 3.05) is 75.5 Å². The van der Waals surface area contributed by atoms with Gasteiger partial charge in [-0.05, 0) is 31.2 Å². The predicted octanol–water partition coefficient (Wildman–Crippen LogP) is 0.546. The molecule has 202 valence electrons. The molecule has 2 rings (SSSR count). The van der Waals surface area contributed by atoms with E-state index in [1.807, 2.05) is 0 Å². The van der Waals surface area contributed by atoms with E-state index in [2.05, 4.69) is 31.9 Å². The second-order valence-electron chi connectivity index (χ2n) is 7.87. The summed E-state index contributed by atoms with van der Waals surface area (Å²) >= 11 is 0. The number of azo groups is 1. The van der Waals surface area contributed by atoms with E-state index in [0.717, 1.165) is 0 Å². The fourth-order valence-electron chi connectivity index (χ4n) is 3.37. The van der Waals surface area contributed by atoms with Gasteiger partial charge in [0, 0.05) is 38.3 Å². The normalized spacial score (nSPS) is 11.7. The first kappa shape index (κ1) is 30.0. The van der Waals surface area contributed by atoms with Gasteiger partial charge >= 0.3 is 0 Å². The number of aliphatic hydroxyl groups is 4. The van der Waals surface area contributed by atoms with Crippen molar-refractivity contribution < 1.29 is 28.8 Å². The van der Waals surface area contributed by atoms with E-state index < -0.39 is 9.84 Å². The number of sulfone groups is 1. The highest BCUT2D eigenvalue weighted by atomic mass is 32.2. The van der Waals surface area contributed by atoms with Crippen molar-refractivity contribution in [3.05, 3.63) is 35.4 Å². The lowest BCUT2D eigenvalue weighted by Gasteiger charge is -2.19. The number of nitrogens with zero attached hydrogens (tertiary/aromatic N) is 5. The summed E-state index contributed by atoms with van der Waals surface area (Å²) in [4.78, 5) is 6.13. The van der Waals surface area contributed by atoms with Crippen molar-refractivity contribution in [3.63, 3.8) is 0 Å². The van der Waals surface area contributed by atoms with E-state index in [1.54, 1.807) is 11.8 Å². The van der Waals surface area contributed by atoms with Gasteiger partial charge in [0.2, 0.25) is 0 Å². The highest BCUT2D eigenvalue weighted by molar-refractivity contribution is 7.91. The first-order valence-corrected chi connectivity index (χ1v) is 13.3. The van der Waals surface area contributed by atoms with Crippen LogP contribution in [0, 0.1) is 18.3 Å². The van der Waals surface area contributed by atoms with Crippen LogP contribution in [0.2, 0.25) is 0 Å². The third-order valence-corrected chi connectivity index (χ3v) is 7.02. The molecule has 1 heterocycles. The Morgan fingerprint density at radius 3 is 2.05 bits per heavy atom. The smallest absolute Gasteiger partial charge is 0.179 e. The fourth-order valence-corrected chi connectivity index (χ4v) is 4.65. The molecule has 1 aromatic heterocycles. The zero-order valence-electron chi connectivity index (χ0n) is 20.6. The molecular formula is C23H33N7O6S. The molecule has 0 aliphatic carbocycles. The van der Waals surface area contributed by atoms with Crippen molar-refractivity contribution >= 4 is 32.8 Å². The monoisotopic (exact) mass is 535 g/mol. The molecule has 0 atom stereocenters. The number of aromatic nitrogens is 1. The first-order chi connectivity index (χ1) is 17.8. The number of hydrogen-bond donors (Lipinski definition) is 6. The van der Waals surface area contributed by atoms with Gasteiger partial charge < -0.3 is 31.1 Å². The van der Waals surface area contributed by atoms with Crippen molar-refractivity contribution in [2.45, 2.75) is 11.8 Å². The van der Waals surface area contributed by atoms with Crippen LogP contribution in [0.1, 0.15) is 11.1 Å². The summed E-state index contributed by atoms with van der Waals surface area (Å²) < 4.78 is 25.4. The number of pyridine rings is 1. The lowest BCUT2D eigenvalue weighted by atomic mass is 10.1. The maximum atomic E-state index is 12.7. The van der Waals surface area contributed by atoms with Crippen LogP contribution >= 0.6 is 0 Å². The molecule has 0 aliphatic heterocycles. The molecular weight excluding hydrogens is 502 g/mol. The van der Waals surface area contributed by atoms with Gasteiger partial charge in [-0.25, -0.2) is 13.4 Å². The Morgan fingerprint density at radius 2 is 1.51 bits per heavy atom. The molecule has 37 heavy (non-hydrogen) atoms. The zero-order valence-corrected chi connectivity index (χ0v) is 21.4. The van der Waals surface area contributed by atoms with Gasteiger partial charge in [-0.15, -0.1) is 5.11 Å². The molecule has 0 unspecified atom stereocenters. The van der Waals surface area contributed by atoms with Gasteiger partial charge in [0.1, 0.15) is 17.6 Å². The van der Waals surface area contributed by atoms with E-state index in [-0.39, 0.29) is 92.7 Å². The highest BCUT2D eigenvalue weighted by Crippen LogP contribution is 2.34. The van der Waals surface area contributed by atoms with Crippen LogP contribution in [-0.2, 0) is 9.84 Å². The third-order valence-electron chi connectivity index (χ3n) is 5.31. The lowest BCUT2D eigenvalue weighted by Crippen LogP contribution is -2.34. The van der Waals surface area contributed by atoms with Crippen molar-refractivity contribution in [3.8, 4) is 6.07 Å². The zero-order chi connectivity index (χ0) is 27.3. The van der Waals surface area contributed by atoms with Crippen LogP contribution in [-0.4, -0.2) is 104 Å². The van der Waals surface area contributed by atoms with Gasteiger partial charge in [0.25, 0.3) is 0 Å². The number of rotatable bonds is 16. The van der Waals surface area contributed by atoms with E-state index in [0.29, 0.717) is 11.3 Å². The van der Waals surface area contributed by atoms with E-state index in [9.17, 15) is 18.8 Å². The van der Waals surface area contributed by atoms with Crippen molar-refractivity contribution in [1.29, 1.82) is 5.26 Å². The number of hydrogen-bond acceptors (Lipinski definition) is 13. The van der Waals surface area contributed by atoms with Crippen molar-refractivity contribution in [1.82, 2.24) is 9.88 Å². The molecule has 0 radical (unpaired) electrons. The summed E-state index contributed by atoms with van der Waals surface area (Å²) in [5.41, 5.74) is 1.37. The Kier molecular flexibility index (Phi) is 12.3. The average Bonchev–Trinajstić information content (AvgIpc) is 2.89. The summed E-state index contributed by atoms with van der Waals surface area (Å²) in [5.74, 6) is 0.371. The van der Waals surface area contributed by atoms with Crippen LogP contribution in [0.4, 0.5) is 23.0 Å². The van der Waals surface area contributed by atoms with Gasteiger partial charge in [0.15, 0.2) is 15.7 Å². The van der Waals surface area contributed by atoms with E-state index in [1.165, 1.54) is 24.3 Å². The second-order valence-corrected chi connectivity index (χ2v) is 9.98. The fraction of sp³-hybridized carbons (Fsp3) is 0.478. The molecule has 13 nitrogen and oxygen atoms in total. The minimum atomic E-state index is -3.60. The van der Waals surface area contributed by atoms with Gasteiger partial charge in [-0.2, -0.15) is 10.4 Å². The largest absolute Gasteiger partial charge is 0.395 e. The summed E-state index contributed by atoms with van der Waals surface area (Å²) in [6.45, 7) is 2.17. The summed E-state index contributed by atoms with van der Waals surface area (Å²) in [5, 5.41) is 60.3. The quantitative estimate of drug-likeness (QED) is 0.164. The highest BCUT2D eigenvalue weighted by Gasteiger charge is 2.18. The third kappa shape index (κ3) is 8.71. The maximum Gasteiger partial charge on any atom is 0.179 e. The van der Waals surface area contributed by atoms with Crippen LogP contribution in [0.5, 0.6) is 0 Å². The van der Waals surface area contributed by atoms with E-state index >= 15 is 0 Å². The topological polar surface area (TPSA) is 204 Å². The molecule has 0 spiro atoms. The van der Waals surface area contributed by atoms with Gasteiger partial charge in [-0.3, -0.25) is 4.90 Å². The Bertz CT molecular complexity index is 1180. The van der Waals surface area contributed by atoms with Crippen molar-refractivity contribution in [2.24, 2.45) is 10.2 Å². The Labute approximate surface area is 216 Å². The summed E-state index contributed by atoms with van der Waals surface area (Å²) in [7, 11) is -3.60. The molecule has 1 aromatic carbocycles. The molecule has 14 heteroatoms. The average molecular weight is 536 g/mol.